The van der Waals surface area contributed by atoms with E-state index in [1.807, 2.05) is 19.1 Å². The zero-order valence-corrected chi connectivity index (χ0v) is 10.0. The van der Waals surface area contributed by atoms with Crippen LogP contribution >= 0.6 is 15.9 Å². The normalized spacial score (nSPS) is 10.5. The van der Waals surface area contributed by atoms with Crippen molar-refractivity contribution in [2.45, 2.75) is 13.5 Å². The second-order valence-electron chi connectivity index (χ2n) is 3.50. The average molecular weight is 266 g/mol. The molecule has 2 aromatic rings. The van der Waals surface area contributed by atoms with Crippen LogP contribution in [-0.4, -0.2) is 9.78 Å². The molecule has 0 fully saturated rings. The first-order chi connectivity index (χ1) is 7.16. The Kier molecular flexibility index (Phi) is 2.77. The molecule has 1 aromatic heterocycles. The van der Waals surface area contributed by atoms with Gasteiger partial charge in [0.25, 0.3) is 0 Å². The second kappa shape index (κ2) is 4.06. The Morgan fingerprint density at radius 1 is 1.47 bits per heavy atom. The van der Waals surface area contributed by atoms with Gasteiger partial charge in [-0.1, -0.05) is 28.1 Å². The number of aromatic nitrogens is 2. The first-order valence-electron chi connectivity index (χ1n) is 4.69. The molecule has 0 unspecified atom stereocenters. The number of nitrogens with zero attached hydrogens (tertiary/aromatic N) is 2. The SMILES string of the molecule is Cc1cnn(Cc2cccc(Br)c2)c1N. The number of anilines is 1. The maximum absolute atomic E-state index is 5.88. The van der Waals surface area contributed by atoms with Crippen molar-refractivity contribution in [3.05, 3.63) is 46.1 Å². The van der Waals surface area contributed by atoms with Gasteiger partial charge in [-0.3, -0.25) is 0 Å². The van der Waals surface area contributed by atoms with E-state index in [1.54, 1.807) is 10.9 Å². The molecule has 0 aliphatic carbocycles. The molecular weight excluding hydrogens is 254 g/mol. The van der Waals surface area contributed by atoms with Crippen molar-refractivity contribution in [3.63, 3.8) is 0 Å². The molecule has 0 saturated carbocycles. The van der Waals surface area contributed by atoms with Gasteiger partial charge in [-0.2, -0.15) is 5.10 Å². The second-order valence-corrected chi connectivity index (χ2v) is 4.42. The third-order valence-electron chi connectivity index (χ3n) is 2.29. The van der Waals surface area contributed by atoms with Crippen molar-refractivity contribution in [2.24, 2.45) is 0 Å². The maximum Gasteiger partial charge on any atom is 0.124 e. The number of hydrogen-bond acceptors (Lipinski definition) is 2. The molecule has 78 valence electrons. The van der Waals surface area contributed by atoms with E-state index in [4.69, 9.17) is 5.73 Å². The lowest BCUT2D eigenvalue weighted by atomic mass is 10.2. The minimum absolute atomic E-state index is 0.707. The van der Waals surface area contributed by atoms with E-state index in [9.17, 15) is 0 Å². The number of rotatable bonds is 2. The molecule has 0 saturated heterocycles. The van der Waals surface area contributed by atoms with Crippen molar-refractivity contribution in [3.8, 4) is 0 Å². The zero-order chi connectivity index (χ0) is 10.8. The lowest BCUT2D eigenvalue weighted by molar-refractivity contribution is 0.697. The van der Waals surface area contributed by atoms with Gasteiger partial charge in [0.2, 0.25) is 0 Å². The van der Waals surface area contributed by atoms with Crippen LogP contribution in [0.3, 0.4) is 0 Å². The van der Waals surface area contributed by atoms with Crippen LogP contribution < -0.4 is 5.73 Å². The van der Waals surface area contributed by atoms with E-state index in [-0.39, 0.29) is 0 Å². The van der Waals surface area contributed by atoms with Crippen LogP contribution in [0.2, 0.25) is 0 Å². The van der Waals surface area contributed by atoms with E-state index < -0.39 is 0 Å². The monoisotopic (exact) mass is 265 g/mol. The Balaban J connectivity index is 2.26. The molecular formula is C11H12BrN3. The van der Waals surface area contributed by atoms with Gasteiger partial charge < -0.3 is 5.73 Å². The highest BCUT2D eigenvalue weighted by molar-refractivity contribution is 9.10. The van der Waals surface area contributed by atoms with Gasteiger partial charge in [0.15, 0.2) is 0 Å². The fraction of sp³-hybridized carbons (Fsp3) is 0.182. The standard InChI is InChI=1S/C11H12BrN3/c1-8-6-14-15(11(8)13)7-9-3-2-4-10(12)5-9/h2-6H,7,13H2,1H3. The van der Waals surface area contributed by atoms with Gasteiger partial charge in [-0.05, 0) is 24.6 Å². The van der Waals surface area contributed by atoms with Crippen molar-refractivity contribution in [2.75, 3.05) is 5.73 Å². The molecule has 0 atom stereocenters. The predicted octanol–water partition coefficient (Wildman–Crippen LogP) is 2.58. The van der Waals surface area contributed by atoms with Gasteiger partial charge in [0, 0.05) is 10.0 Å². The Morgan fingerprint density at radius 2 is 2.27 bits per heavy atom. The van der Waals surface area contributed by atoms with Crippen LogP contribution in [0.25, 0.3) is 0 Å². The molecule has 0 amide bonds. The Morgan fingerprint density at radius 3 is 2.87 bits per heavy atom. The third-order valence-corrected chi connectivity index (χ3v) is 2.79. The first kappa shape index (κ1) is 10.2. The van der Waals surface area contributed by atoms with Crippen molar-refractivity contribution < 1.29 is 0 Å². The minimum atomic E-state index is 0.707. The number of hydrogen-bond donors (Lipinski definition) is 1. The van der Waals surface area contributed by atoms with Crippen LogP contribution in [0, 0.1) is 6.92 Å². The fourth-order valence-corrected chi connectivity index (χ4v) is 1.87. The number of benzene rings is 1. The van der Waals surface area contributed by atoms with Gasteiger partial charge in [-0.25, -0.2) is 4.68 Å². The van der Waals surface area contributed by atoms with Crippen LogP contribution in [0.15, 0.2) is 34.9 Å². The van der Waals surface area contributed by atoms with E-state index in [0.717, 1.165) is 15.9 Å². The Bertz CT molecular complexity index is 476. The molecule has 0 spiro atoms. The van der Waals surface area contributed by atoms with E-state index in [2.05, 4.69) is 33.2 Å². The highest BCUT2D eigenvalue weighted by Gasteiger charge is 2.03. The van der Waals surface area contributed by atoms with Crippen LogP contribution in [0.5, 0.6) is 0 Å². The fourth-order valence-electron chi connectivity index (χ4n) is 1.42. The Hall–Kier alpha value is -1.29. The molecule has 1 aromatic carbocycles. The zero-order valence-electron chi connectivity index (χ0n) is 8.44. The molecule has 1 heterocycles. The highest BCUT2D eigenvalue weighted by Crippen LogP contribution is 2.15. The molecule has 3 nitrogen and oxygen atoms in total. The topological polar surface area (TPSA) is 43.8 Å². The number of nitrogens with two attached hydrogens (primary N) is 1. The highest BCUT2D eigenvalue weighted by atomic mass is 79.9. The summed E-state index contributed by atoms with van der Waals surface area (Å²) < 4.78 is 2.87. The lowest BCUT2D eigenvalue weighted by Gasteiger charge is -2.05. The Labute approximate surface area is 97.0 Å². The van der Waals surface area contributed by atoms with Crippen LogP contribution in [0.1, 0.15) is 11.1 Å². The van der Waals surface area contributed by atoms with E-state index in [0.29, 0.717) is 6.54 Å². The number of nitrogen functional groups attached to an aromatic ring is 1. The largest absolute Gasteiger partial charge is 0.384 e. The molecule has 4 heteroatoms. The average Bonchev–Trinajstić information content (AvgIpc) is 2.50. The number of aryl methyl sites for hydroxylation is 1. The molecule has 0 aliphatic heterocycles. The summed E-state index contributed by atoms with van der Waals surface area (Å²) in [6.07, 6.45) is 1.79. The van der Waals surface area contributed by atoms with E-state index >= 15 is 0 Å². The van der Waals surface area contributed by atoms with Crippen LogP contribution in [-0.2, 0) is 6.54 Å². The molecule has 15 heavy (non-hydrogen) atoms. The van der Waals surface area contributed by atoms with Crippen molar-refractivity contribution >= 4 is 21.7 Å². The molecule has 0 radical (unpaired) electrons. The molecule has 2 N–H and O–H groups in total. The first-order valence-corrected chi connectivity index (χ1v) is 5.48. The molecule has 0 aliphatic rings. The summed E-state index contributed by atoms with van der Waals surface area (Å²) in [6.45, 7) is 2.67. The summed E-state index contributed by atoms with van der Waals surface area (Å²) in [6, 6.07) is 8.13. The van der Waals surface area contributed by atoms with Gasteiger partial charge in [0.1, 0.15) is 5.82 Å². The maximum atomic E-state index is 5.88. The van der Waals surface area contributed by atoms with Gasteiger partial charge >= 0.3 is 0 Å². The van der Waals surface area contributed by atoms with Gasteiger partial charge in [-0.15, -0.1) is 0 Å². The minimum Gasteiger partial charge on any atom is -0.384 e. The lowest BCUT2D eigenvalue weighted by Crippen LogP contribution is -2.06. The summed E-state index contributed by atoms with van der Waals surface area (Å²) in [4.78, 5) is 0. The van der Waals surface area contributed by atoms with E-state index in [1.165, 1.54) is 5.56 Å². The summed E-state index contributed by atoms with van der Waals surface area (Å²) >= 11 is 3.44. The summed E-state index contributed by atoms with van der Waals surface area (Å²) in [7, 11) is 0. The number of halogens is 1. The summed E-state index contributed by atoms with van der Waals surface area (Å²) in [5.74, 6) is 0.731. The van der Waals surface area contributed by atoms with Crippen molar-refractivity contribution in [1.82, 2.24) is 9.78 Å². The summed E-state index contributed by atoms with van der Waals surface area (Å²) in [5, 5.41) is 4.22. The van der Waals surface area contributed by atoms with Gasteiger partial charge in [0.05, 0.1) is 12.7 Å². The predicted molar refractivity (Wildman–Crippen MR) is 64.6 cm³/mol. The quantitative estimate of drug-likeness (QED) is 0.907. The summed E-state index contributed by atoms with van der Waals surface area (Å²) in [5.41, 5.74) is 8.08. The smallest absolute Gasteiger partial charge is 0.124 e. The molecule has 2 rings (SSSR count). The van der Waals surface area contributed by atoms with Crippen LogP contribution in [0.4, 0.5) is 5.82 Å². The van der Waals surface area contributed by atoms with Crippen molar-refractivity contribution in [1.29, 1.82) is 0 Å². The molecule has 0 bridgehead atoms. The third kappa shape index (κ3) is 2.21.